The zero-order valence-electron chi connectivity index (χ0n) is 13.5. The Bertz CT molecular complexity index is 631. The predicted molar refractivity (Wildman–Crippen MR) is 83.9 cm³/mol. The molecule has 0 bridgehead atoms. The number of rotatable bonds is 5. The Morgan fingerprint density at radius 3 is 2.52 bits per heavy atom. The standard InChI is InChI=1S/C17H24FN3/c1-11-10-14(6-8-16(11)18)17(19-4)9-7-15-12(2)20-21(5)13(15)3/h6,8,10,17,19H,7,9H2,1-5H3. The quantitative estimate of drug-likeness (QED) is 0.914. The van der Waals surface area contributed by atoms with Crippen molar-refractivity contribution in [3.8, 4) is 0 Å². The molecule has 2 rings (SSSR count). The summed E-state index contributed by atoms with van der Waals surface area (Å²) in [6.45, 7) is 5.96. The fourth-order valence-corrected chi connectivity index (χ4v) is 2.83. The summed E-state index contributed by atoms with van der Waals surface area (Å²) in [5.41, 5.74) is 5.46. The van der Waals surface area contributed by atoms with Gasteiger partial charge in [-0.15, -0.1) is 0 Å². The van der Waals surface area contributed by atoms with Crippen molar-refractivity contribution in [1.29, 1.82) is 0 Å². The number of halogens is 1. The molecular weight excluding hydrogens is 265 g/mol. The lowest BCUT2D eigenvalue weighted by atomic mass is 9.97. The van der Waals surface area contributed by atoms with Gasteiger partial charge in [-0.3, -0.25) is 4.68 Å². The maximum absolute atomic E-state index is 13.4. The molecule has 0 spiro atoms. The third-order valence-corrected chi connectivity index (χ3v) is 4.27. The first-order valence-electron chi connectivity index (χ1n) is 7.36. The van der Waals surface area contributed by atoms with E-state index in [1.54, 1.807) is 13.0 Å². The number of aromatic nitrogens is 2. The van der Waals surface area contributed by atoms with Crippen LogP contribution in [-0.4, -0.2) is 16.8 Å². The van der Waals surface area contributed by atoms with Crippen LogP contribution >= 0.6 is 0 Å². The van der Waals surface area contributed by atoms with Gasteiger partial charge in [0.05, 0.1) is 5.69 Å². The van der Waals surface area contributed by atoms with Crippen LogP contribution in [0.25, 0.3) is 0 Å². The topological polar surface area (TPSA) is 29.9 Å². The summed E-state index contributed by atoms with van der Waals surface area (Å²) in [4.78, 5) is 0. The molecule has 21 heavy (non-hydrogen) atoms. The van der Waals surface area contributed by atoms with Crippen LogP contribution in [0.4, 0.5) is 4.39 Å². The molecule has 1 unspecified atom stereocenters. The molecule has 3 nitrogen and oxygen atoms in total. The van der Waals surface area contributed by atoms with Crippen LogP contribution in [0.3, 0.4) is 0 Å². The van der Waals surface area contributed by atoms with Crippen LogP contribution in [-0.2, 0) is 13.5 Å². The maximum Gasteiger partial charge on any atom is 0.126 e. The highest BCUT2D eigenvalue weighted by molar-refractivity contribution is 5.28. The highest BCUT2D eigenvalue weighted by Crippen LogP contribution is 2.23. The van der Waals surface area contributed by atoms with Crippen LogP contribution < -0.4 is 5.32 Å². The number of benzene rings is 1. The lowest BCUT2D eigenvalue weighted by Crippen LogP contribution is -2.17. The summed E-state index contributed by atoms with van der Waals surface area (Å²) in [5, 5.41) is 7.79. The van der Waals surface area contributed by atoms with E-state index in [4.69, 9.17) is 0 Å². The Hall–Kier alpha value is -1.68. The van der Waals surface area contributed by atoms with Crippen LogP contribution in [0, 0.1) is 26.6 Å². The molecule has 1 aromatic carbocycles. The van der Waals surface area contributed by atoms with E-state index >= 15 is 0 Å². The molecule has 0 fully saturated rings. The van der Waals surface area contributed by atoms with Gasteiger partial charge in [0, 0.05) is 18.8 Å². The van der Waals surface area contributed by atoms with Gasteiger partial charge in [-0.25, -0.2) is 4.39 Å². The van der Waals surface area contributed by atoms with E-state index in [0.29, 0.717) is 5.56 Å². The van der Waals surface area contributed by atoms with E-state index in [-0.39, 0.29) is 11.9 Å². The largest absolute Gasteiger partial charge is 0.313 e. The fraction of sp³-hybridized carbons (Fsp3) is 0.471. The van der Waals surface area contributed by atoms with Crippen molar-refractivity contribution >= 4 is 0 Å². The Kier molecular flexibility index (Phi) is 4.78. The summed E-state index contributed by atoms with van der Waals surface area (Å²) in [5.74, 6) is -0.146. The van der Waals surface area contributed by atoms with Gasteiger partial charge in [-0.05, 0) is 63.4 Å². The van der Waals surface area contributed by atoms with Gasteiger partial charge in [-0.1, -0.05) is 12.1 Å². The van der Waals surface area contributed by atoms with Crippen molar-refractivity contribution in [2.75, 3.05) is 7.05 Å². The normalized spacial score (nSPS) is 12.7. The predicted octanol–water partition coefficient (Wildman–Crippen LogP) is 3.38. The highest BCUT2D eigenvalue weighted by Gasteiger charge is 2.14. The minimum absolute atomic E-state index is 0.146. The second-order valence-corrected chi connectivity index (χ2v) is 5.66. The van der Waals surface area contributed by atoms with E-state index in [0.717, 1.165) is 24.1 Å². The van der Waals surface area contributed by atoms with Gasteiger partial charge in [-0.2, -0.15) is 5.10 Å². The number of hydrogen-bond acceptors (Lipinski definition) is 2. The van der Waals surface area contributed by atoms with Crippen LogP contribution in [0.15, 0.2) is 18.2 Å². The van der Waals surface area contributed by atoms with Crippen molar-refractivity contribution < 1.29 is 4.39 Å². The lowest BCUT2D eigenvalue weighted by Gasteiger charge is -2.17. The summed E-state index contributed by atoms with van der Waals surface area (Å²) >= 11 is 0. The molecule has 1 atom stereocenters. The van der Waals surface area contributed by atoms with Crippen LogP contribution in [0.5, 0.6) is 0 Å². The van der Waals surface area contributed by atoms with Crippen molar-refractivity contribution in [2.45, 2.75) is 39.7 Å². The molecule has 0 amide bonds. The minimum Gasteiger partial charge on any atom is -0.313 e. The fourth-order valence-electron chi connectivity index (χ4n) is 2.83. The molecule has 1 N–H and O–H groups in total. The Morgan fingerprint density at radius 2 is 2.00 bits per heavy atom. The minimum atomic E-state index is -0.146. The first kappa shape index (κ1) is 15.7. The first-order chi connectivity index (χ1) is 9.93. The van der Waals surface area contributed by atoms with Gasteiger partial charge in [0.1, 0.15) is 5.82 Å². The smallest absolute Gasteiger partial charge is 0.126 e. The monoisotopic (exact) mass is 289 g/mol. The van der Waals surface area contributed by atoms with E-state index in [9.17, 15) is 4.39 Å². The van der Waals surface area contributed by atoms with E-state index < -0.39 is 0 Å². The van der Waals surface area contributed by atoms with Gasteiger partial charge in [0.15, 0.2) is 0 Å². The van der Waals surface area contributed by atoms with Crippen LogP contribution in [0.2, 0.25) is 0 Å². The molecule has 1 aromatic heterocycles. The molecule has 0 radical (unpaired) electrons. The summed E-state index contributed by atoms with van der Waals surface area (Å²) in [6.07, 6.45) is 1.93. The molecule has 2 aromatic rings. The molecule has 4 heteroatoms. The molecular formula is C17H24FN3. The molecule has 1 heterocycles. The molecule has 0 aliphatic carbocycles. The third kappa shape index (κ3) is 3.32. The lowest BCUT2D eigenvalue weighted by molar-refractivity contribution is 0.544. The van der Waals surface area contributed by atoms with E-state index in [1.807, 2.05) is 30.9 Å². The van der Waals surface area contributed by atoms with E-state index in [1.165, 1.54) is 11.3 Å². The van der Waals surface area contributed by atoms with Crippen molar-refractivity contribution in [2.24, 2.45) is 7.05 Å². The summed E-state index contributed by atoms with van der Waals surface area (Å²) < 4.78 is 15.3. The van der Waals surface area contributed by atoms with Gasteiger partial charge >= 0.3 is 0 Å². The number of hydrogen-bond donors (Lipinski definition) is 1. The molecule has 114 valence electrons. The zero-order valence-corrected chi connectivity index (χ0v) is 13.5. The first-order valence-corrected chi connectivity index (χ1v) is 7.36. The SMILES string of the molecule is CNC(CCc1c(C)nn(C)c1C)c1ccc(F)c(C)c1. The van der Waals surface area contributed by atoms with Gasteiger partial charge in [0.2, 0.25) is 0 Å². The molecule has 0 aliphatic rings. The Balaban J connectivity index is 2.14. The van der Waals surface area contributed by atoms with Gasteiger partial charge < -0.3 is 5.32 Å². The highest BCUT2D eigenvalue weighted by atomic mass is 19.1. The maximum atomic E-state index is 13.4. The molecule has 0 saturated heterocycles. The van der Waals surface area contributed by atoms with Crippen molar-refractivity contribution in [3.05, 3.63) is 52.1 Å². The average molecular weight is 289 g/mol. The number of nitrogens with zero attached hydrogens (tertiary/aromatic N) is 2. The van der Waals surface area contributed by atoms with Crippen molar-refractivity contribution in [3.63, 3.8) is 0 Å². The van der Waals surface area contributed by atoms with Gasteiger partial charge in [0.25, 0.3) is 0 Å². The number of aryl methyl sites for hydroxylation is 3. The average Bonchev–Trinajstić information content (AvgIpc) is 2.69. The second kappa shape index (κ2) is 6.39. The molecule has 0 aliphatic heterocycles. The molecule has 0 saturated carbocycles. The third-order valence-electron chi connectivity index (χ3n) is 4.27. The number of nitrogens with one attached hydrogen (secondary N) is 1. The summed E-state index contributed by atoms with van der Waals surface area (Å²) in [7, 11) is 3.93. The Morgan fingerprint density at radius 1 is 1.29 bits per heavy atom. The van der Waals surface area contributed by atoms with E-state index in [2.05, 4.69) is 24.3 Å². The Labute approximate surface area is 126 Å². The summed E-state index contributed by atoms with van der Waals surface area (Å²) in [6, 6.07) is 5.57. The second-order valence-electron chi connectivity index (χ2n) is 5.66. The van der Waals surface area contributed by atoms with Crippen LogP contribution in [0.1, 0.15) is 40.5 Å². The zero-order chi connectivity index (χ0) is 15.6. The van der Waals surface area contributed by atoms with Crippen molar-refractivity contribution in [1.82, 2.24) is 15.1 Å².